The molecule has 0 saturated carbocycles. The van der Waals surface area contributed by atoms with Crippen LogP contribution in [0.1, 0.15) is 44.0 Å². The summed E-state index contributed by atoms with van der Waals surface area (Å²) in [7, 11) is -4.00. The van der Waals surface area contributed by atoms with Crippen LogP contribution in [-0.4, -0.2) is 50.1 Å². The van der Waals surface area contributed by atoms with Gasteiger partial charge in [-0.25, -0.2) is 17.6 Å². The van der Waals surface area contributed by atoms with Gasteiger partial charge in [0.25, 0.3) is 15.9 Å². The quantitative estimate of drug-likeness (QED) is 0.682. The summed E-state index contributed by atoms with van der Waals surface area (Å²) in [5.41, 5.74) is -0.242. The second kappa shape index (κ2) is 9.78. The van der Waals surface area contributed by atoms with Crippen LogP contribution in [0.15, 0.2) is 53.4 Å². The second-order valence-electron chi connectivity index (χ2n) is 8.82. The van der Waals surface area contributed by atoms with E-state index in [4.69, 9.17) is 4.74 Å². The normalized spacial score (nSPS) is 15.1. The number of hydrogen-bond donors (Lipinski definition) is 2. The monoisotopic (exact) mass is 477 g/mol. The highest BCUT2D eigenvalue weighted by atomic mass is 32.2. The summed E-state index contributed by atoms with van der Waals surface area (Å²) in [6.07, 6.45) is 0.607. The number of para-hydroxylation sites is 1. The van der Waals surface area contributed by atoms with E-state index in [1.165, 1.54) is 6.07 Å². The van der Waals surface area contributed by atoms with Crippen molar-refractivity contribution in [3.05, 3.63) is 59.9 Å². The van der Waals surface area contributed by atoms with Crippen LogP contribution in [-0.2, 0) is 14.8 Å². The number of benzene rings is 2. The van der Waals surface area contributed by atoms with Gasteiger partial charge in [0.2, 0.25) is 0 Å². The summed E-state index contributed by atoms with van der Waals surface area (Å²) in [6, 6.07) is 10.6. The number of likely N-dealkylation sites (tertiary alicyclic amines) is 1. The van der Waals surface area contributed by atoms with Gasteiger partial charge in [0, 0.05) is 19.1 Å². The van der Waals surface area contributed by atoms with Crippen LogP contribution in [0.25, 0.3) is 0 Å². The summed E-state index contributed by atoms with van der Waals surface area (Å²) >= 11 is 0. The van der Waals surface area contributed by atoms with E-state index in [1.807, 2.05) is 0 Å². The topological polar surface area (TPSA) is 105 Å². The van der Waals surface area contributed by atoms with Crippen molar-refractivity contribution in [3.8, 4) is 0 Å². The standard InChI is InChI=1S/C23H28FN3O5S/c1-23(2,3)32-22(29)25-17-12-14-27(15-13-17)21(28)19-6-4-5-7-20(19)26-33(30,31)18-10-8-16(24)9-11-18/h4-11,17,26H,12-15H2,1-3H3,(H,25,29). The molecule has 8 nitrogen and oxygen atoms in total. The number of alkyl carbamates (subject to hydrolysis) is 1. The molecule has 0 atom stereocenters. The van der Waals surface area contributed by atoms with Gasteiger partial charge in [0.15, 0.2) is 0 Å². The Hall–Kier alpha value is -3.14. The molecule has 1 fully saturated rings. The van der Waals surface area contributed by atoms with E-state index in [0.717, 1.165) is 24.3 Å². The Kier molecular flexibility index (Phi) is 7.26. The Morgan fingerprint density at radius 1 is 1.03 bits per heavy atom. The molecule has 178 valence electrons. The lowest BCUT2D eigenvalue weighted by molar-refractivity contribution is 0.0473. The number of halogens is 1. The summed E-state index contributed by atoms with van der Waals surface area (Å²) < 4.78 is 46.2. The lowest BCUT2D eigenvalue weighted by atomic mass is 10.0. The zero-order chi connectivity index (χ0) is 24.2. The number of ether oxygens (including phenoxy) is 1. The summed E-state index contributed by atoms with van der Waals surface area (Å²) in [5, 5.41) is 2.82. The van der Waals surface area contributed by atoms with Gasteiger partial charge in [-0.2, -0.15) is 0 Å². The van der Waals surface area contributed by atoms with E-state index in [-0.39, 0.29) is 28.1 Å². The van der Waals surface area contributed by atoms with Crippen LogP contribution in [0.2, 0.25) is 0 Å². The van der Waals surface area contributed by atoms with Crippen molar-refractivity contribution in [2.24, 2.45) is 0 Å². The highest BCUT2D eigenvalue weighted by Crippen LogP contribution is 2.23. The maximum Gasteiger partial charge on any atom is 0.407 e. The third kappa shape index (κ3) is 6.67. The number of sulfonamides is 1. The smallest absolute Gasteiger partial charge is 0.407 e. The third-order valence-electron chi connectivity index (χ3n) is 5.03. The third-order valence-corrected chi connectivity index (χ3v) is 6.41. The summed E-state index contributed by atoms with van der Waals surface area (Å²) in [4.78, 5) is 26.6. The number of hydrogen-bond acceptors (Lipinski definition) is 5. The zero-order valence-electron chi connectivity index (χ0n) is 18.8. The van der Waals surface area contributed by atoms with Crippen molar-refractivity contribution < 1.29 is 27.1 Å². The Bertz CT molecular complexity index is 1110. The number of carbonyl (C=O) groups is 2. The van der Waals surface area contributed by atoms with Crippen molar-refractivity contribution in [3.63, 3.8) is 0 Å². The Morgan fingerprint density at radius 3 is 2.24 bits per heavy atom. The highest BCUT2D eigenvalue weighted by Gasteiger charge is 2.28. The largest absolute Gasteiger partial charge is 0.444 e. The molecule has 0 unspecified atom stereocenters. The molecule has 0 aliphatic carbocycles. The van der Waals surface area contributed by atoms with Gasteiger partial charge in [-0.05, 0) is 70.0 Å². The van der Waals surface area contributed by atoms with E-state index in [9.17, 15) is 22.4 Å². The number of anilines is 1. The molecule has 2 aromatic rings. The molecule has 2 N–H and O–H groups in total. The number of nitrogens with one attached hydrogen (secondary N) is 2. The molecule has 10 heteroatoms. The first-order chi connectivity index (χ1) is 15.4. The first kappa shape index (κ1) is 24.5. The SMILES string of the molecule is CC(C)(C)OC(=O)NC1CCN(C(=O)c2ccccc2NS(=O)(=O)c2ccc(F)cc2)CC1. The van der Waals surface area contributed by atoms with Gasteiger partial charge in [0.05, 0.1) is 16.1 Å². The second-order valence-corrected chi connectivity index (χ2v) is 10.5. The van der Waals surface area contributed by atoms with E-state index in [0.29, 0.717) is 25.9 Å². The molecular formula is C23H28FN3O5S. The first-order valence-electron chi connectivity index (χ1n) is 10.6. The molecule has 33 heavy (non-hydrogen) atoms. The molecule has 1 heterocycles. The first-order valence-corrected chi connectivity index (χ1v) is 12.1. The predicted octanol–water partition coefficient (Wildman–Crippen LogP) is 3.76. The summed E-state index contributed by atoms with van der Waals surface area (Å²) in [6.45, 7) is 6.16. The minimum Gasteiger partial charge on any atom is -0.444 e. The molecule has 1 saturated heterocycles. The predicted molar refractivity (Wildman–Crippen MR) is 122 cm³/mol. The van der Waals surface area contributed by atoms with Gasteiger partial charge in [-0.3, -0.25) is 9.52 Å². The molecule has 0 radical (unpaired) electrons. The van der Waals surface area contributed by atoms with Gasteiger partial charge in [-0.15, -0.1) is 0 Å². The molecule has 2 amide bonds. The lowest BCUT2D eigenvalue weighted by Crippen LogP contribution is -2.47. The van der Waals surface area contributed by atoms with Crippen LogP contribution >= 0.6 is 0 Å². The maximum atomic E-state index is 13.2. The van der Waals surface area contributed by atoms with Crippen molar-refractivity contribution in [2.45, 2.75) is 50.2 Å². The summed E-state index contributed by atoms with van der Waals surface area (Å²) in [5.74, 6) is -0.864. The molecule has 3 rings (SSSR count). The number of piperidine rings is 1. The number of nitrogens with zero attached hydrogens (tertiary/aromatic N) is 1. The fourth-order valence-electron chi connectivity index (χ4n) is 3.45. The van der Waals surface area contributed by atoms with Crippen LogP contribution in [0.4, 0.5) is 14.9 Å². The van der Waals surface area contributed by atoms with Crippen LogP contribution in [0, 0.1) is 5.82 Å². The molecule has 1 aliphatic heterocycles. The Balaban J connectivity index is 1.66. The molecular weight excluding hydrogens is 449 g/mol. The van der Waals surface area contributed by atoms with E-state index in [1.54, 1.807) is 43.9 Å². The minimum atomic E-state index is -4.00. The lowest BCUT2D eigenvalue weighted by Gasteiger charge is -2.33. The van der Waals surface area contributed by atoms with Crippen LogP contribution in [0.3, 0.4) is 0 Å². The van der Waals surface area contributed by atoms with E-state index < -0.39 is 27.5 Å². The van der Waals surface area contributed by atoms with Crippen molar-refractivity contribution in [1.82, 2.24) is 10.2 Å². The van der Waals surface area contributed by atoms with E-state index in [2.05, 4.69) is 10.0 Å². The van der Waals surface area contributed by atoms with Crippen molar-refractivity contribution in [2.75, 3.05) is 17.8 Å². The van der Waals surface area contributed by atoms with E-state index >= 15 is 0 Å². The van der Waals surface area contributed by atoms with Gasteiger partial charge in [0.1, 0.15) is 11.4 Å². The fraction of sp³-hybridized carbons (Fsp3) is 0.391. The average Bonchev–Trinajstić information content (AvgIpc) is 2.73. The molecule has 2 aromatic carbocycles. The Morgan fingerprint density at radius 2 is 1.64 bits per heavy atom. The number of carbonyl (C=O) groups excluding carboxylic acids is 2. The Labute approximate surface area is 193 Å². The van der Waals surface area contributed by atoms with Gasteiger partial charge >= 0.3 is 6.09 Å². The number of rotatable bonds is 5. The van der Waals surface area contributed by atoms with Gasteiger partial charge in [-0.1, -0.05) is 12.1 Å². The molecule has 0 spiro atoms. The maximum absolute atomic E-state index is 13.2. The van der Waals surface area contributed by atoms with Crippen molar-refractivity contribution in [1.29, 1.82) is 0 Å². The molecule has 0 bridgehead atoms. The molecule has 1 aliphatic rings. The zero-order valence-corrected chi connectivity index (χ0v) is 19.6. The molecule has 0 aromatic heterocycles. The van der Waals surface area contributed by atoms with Crippen LogP contribution < -0.4 is 10.0 Å². The average molecular weight is 478 g/mol. The van der Waals surface area contributed by atoms with Crippen LogP contribution in [0.5, 0.6) is 0 Å². The highest BCUT2D eigenvalue weighted by molar-refractivity contribution is 7.92. The fourth-order valence-corrected chi connectivity index (χ4v) is 4.53. The minimum absolute atomic E-state index is 0.111. The van der Waals surface area contributed by atoms with Crippen molar-refractivity contribution >= 4 is 27.7 Å². The van der Waals surface area contributed by atoms with Gasteiger partial charge < -0.3 is 15.0 Å². The number of amides is 2.